The molecule has 0 heterocycles. The van der Waals surface area contributed by atoms with Crippen LogP contribution in [0.15, 0.2) is 0 Å². The van der Waals surface area contributed by atoms with E-state index in [9.17, 15) is 14.7 Å². The highest BCUT2D eigenvalue weighted by Crippen LogP contribution is 2.13. The van der Waals surface area contributed by atoms with Crippen molar-refractivity contribution in [3.8, 4) is 0 Å². The third-order valence-electron chi connectivity index (χ3n) is 3.37. The van der Waals surface area contributed by atoms with Gasteiger partial charge in [0.05, 0.1) is 18.9 Å². The fraction of sp³-hybridized carbons (Fsp3) is 0.875. The quantitative estimate of drug-likeness (QED) is 0.403. The summed E-state index contributed by atoms with van der Waals surface area (Å²) < 4.78 is 5.21. The minimum absolute atomic E-state index is 0.0480. The van der Waals surface area contributed by atoms with Gasteiger partial charge in [0.15, 0.2) is 0 Å². The van der Waals surface area contributed by atoms with Gasteiger partial charge in [-0.3, -0.25) is 9.59 Å². The van der Waals surface area contributed by atoms with Crippen LogP contribution in [0.2, 0.25) is 0 Å². The number of ether oxygens (including phenoxy) is 1. The normalized spacial score (nSPS) is 13.7. The van der Waals surface area contributed by atoms with Gasteiger partial charge in [-0.1, -0.05) is 46.0 Å². The zero-order valence-corrected chi connectivity index (χ0v) is 13.3. The van der Waals surface area contributed by atoms with Crippen LogP contribution in [-0.2, 0) is 14.3 Å². The fourth-order valence-electron chi connectivity index (χ4n) is 2.18. The first-order valence-electron chi connectivity index (χ1n) is 8.08. The van der Waals surface area contributed by atoms with Gasteiger partial charge in [-0.15, -0.1) is 0 Å². The van der Waals surface area contributed by atoms with Crippen LogP contribution in [0.4, 0.5) is 0 Å². The molecule has 0 aromatic carbocycles. The summed E-state index contributed by atoms with van der Waals surface area (Å²) in [5.74, 6) is -1.46. The summed E-state index contributed by atoms with van der Waals surface area (Å²) in [6, 6.07) is 0. The smallest absolute Gasteiger partial charge is 0.308 e. The van der Waals surface area contributed by atoms with Crippen molar-refractivity contribution in [2.24, 2.45) is 0 Å². The summed E-state index contributed by atoms with van der Waals surface area (Å²) in [7, 11) is 0. The van der Waals surface area contributed by atoms with Crippen LogP contribution in [-0.4, -0.2) is 34.4 Å². The number of rotatable bonds is 13. The maximum absolute atomic E-state index is 11.7. The van der Waals surface area contributed by atoms with E-state index in [0.29, 0.717) is 12.8 Å². The Labute approximate surface area is 127 Å². The highest BCUT2D eigenvalue weighted by molar-refractivity contribution is 5.71. The molecule has 0 saturated heterocycles. The molecular weight excluding hydrogens is 272 g/mol. The van der Waals surface area contributed by atoms with E-state index >= 15 is 0 Å². The largest absolute Gasteiger partial charge is 0.481 e. The molecule has 0 aliphatic carbocycles. The van der Waals surface area contributed by atoms with Gasteiger partial charge in [0.2, 0.25) is 0 Å². The number of aliphatic hydroxyl groups excluding tert-OH is 1. The first kappa shape index (κ1) is 19.9. The number of hydrogen-bond acceptors (Lipinski definition) is 4. The van der Waals surface area contributed by atoms with Crippen molar-refractivity contribution in [3.63, 3.8) is 0 Å². The minimum Gasteiger partial charge on any atom is -0.481 e. The summed E-state index contributed by atoms with van der Waals surface area (Å²) >= 11 is 0. The molecule has 0 unspecified atom stereocenters. The predicted octanol–water partition coefficient (Wildman–Crippen LogP) is 3.28. The summed E-state index contributed by atoms with van der Waals surface area (Å²) in [5.41, 5.74) is 0. The molecule has 0 saturated carbocycles. The molecular formula is C16H30O5. The third-order valence-corrected chi connectivity index (χ3v) is 3.37. The molecule has 0 bridgehead atoms. The van der Waals surface area contributed by atoms with E-state index < -0.39 is 24.1 Å². The molecule has 0 fully saturated rings. The van der Waals surface area contributed by atoms with E-state index in [0.717, 1.165) is 38.5 Å². The Morgan fingerprint density at radius 1 is 0.952 bits per heavy atom. The second kappa shape index (κ2) is 12.6. The summed E-state index contributed by atoms with van der Waals surface area (Å²) in [4.78, 5) is 22.5. The molecule has 0 aliphatic rings. The van der Waals surface area contributed by atoms with E-state index in [2.05, 4.69) is 13.8 Å². The molecule has 21 heavy (non-hydrogen) atoms. The lowest BCUT2D eigenvalue weighted by Crippen LogP contribution is -2.24. The van der Waals surface area contributed by atoms with Gasteiger partial charge in [0.25, 0.3) is 0 Å². The Bertz CT molecular complexity index is 290. The number of esters is 1. The van der Waals surface area contributed by atoms with E-state index in [-0.39, 0.29) is 12.8 Å². The zero-order chi connectivity index (χ0) is 16.1. The molecule has 0 rings (SSSR count). The lowest BCUT2D eigenvalue weighted by Gasteiger charge is -2.17. The summed E-state index contributed by atoms with van der Waals surface area (Å²) in [5, 5.41) is 18.6. The molecule has 0 aromatic rings. The average Bonchev–Trinajstić information content (AvgIpc) is 2.38. The monoisotopic (exact) mass is 302 g/mol. The van der Waals surface area contributed by atoms with Gasteiger partial charge < -0.3 is 14.9 Å². The van der Waals surface area contributed by atoms with Gasteiger partial charge >= 0.3 is 11.9 Å². The Hall–Kier alpha value is -1.10. The van der Waals surface area contributed by atoms with Crippen LogP contribution >= 0.6 is 0 Å². The van der Waals surface area contributed by atoms with Crippen LogP contribution < -0.4 is 0 Å². The SMILES string of the molecule is CCCCC[C@@H](O)CC(=O)O[C@H](CCCCC)CC(=O)O. The van der Waals surface area contributed by atoms with E-state index in [1.165, 1.54) is 0 Å². The number of carboxylic acids is 1. The number of carbonyl (C=O) groups excluding carboxylic acids is 1. The zero-order valence-electron chi connectivity index (χ0n) is 13.3. The number of carboxylic acid groups (broad SMARTS) is 1. The number of aliphatic hydroxyl groups is 1. The van der Waals surface area contributed by atoms with Crippen molar-refractivity contribution < 1.29 is 24.5 Å². The van der Waals surface area contributed by atoms with E-state index in [1.54, 1.807) is 0 Å². The molecule has 0 aliphatic heterocycles. The van der Waals surface area contributed by atoms with Crippen molar-refractivity contribution in [2.45, 2.75) is 90.3 Å². The molecule has 0 spiro atoms. The summed E-state index contributed by atoms with van der Waals surface area (Å²) in [6.07, 6.45) is 5.53. The Kier molecular flexibility index (Phi) is 12.0. The molecule has 2 N–H and O–H groups in total. The van der Waals surface area contributed by atoms with Crippen molar-refractivity contribution in [3.05, 3.63) is 0 Å². The van der Waals surface area contributed by atoms with Gasteiger partial charge in [-0.05, 0) is 19.3 Å². The van der Waals surface area contributed by atoms with Gasteiger partial charge in [-0.25, -0.2) is 0 Å². The standard InChI is InChI=1S/C16H30O5/c1-3-5-7-9-13(17)11-16(20)21-14(12-15(18)19)10-8-6-4-2/h13-14,17H,3-12H2,1-2H3,(H,18,19)/t13-,14-/m1/s1. The topological polar surface area (TPSA) is 83.8 Å². The molecule has 124 valence electrons. The maximum Gasteiger partial charge on any atom is 0.308 e. The minimum atomic E-state index is -0.965. The van der Waals surface area contributed by atoms with Crippen LogP contribution in [0.3, 0.4) is 0 Å². The van der Waals surface area contributed by atoms with E-state index in [4.69, 9.17) is 9.84 Å². The van der Waals surface area contributed by atoms with Crippen LogP contribution in [0.1, 0.15) is 78.1 Å². The predicted molar refractivity (Wildman–Crippen MR) is 81.0 cm³/mol. The van der Waals surface area contributed by atoms with Gasteiger partial charge in [0.1, 0.15) is 6.10 Å². The Morgan fingerprint density at radius 2 is 1.52 bits per heavy atom. The van der Waals surface area contributed by atoms with Crippen molar-refractivity contribution in [1.29, 1.82) is 0 Å². The van der Waals surface area contributed by atoms with Crippen LogP contribution in [0.25, 0.3) is 0 Å². The average molecular weight is 302 g/mol. The number of aliphatic carboxylic acids is 1. The lowest BCUT2D eigenvalue weighted by atomic mass is 10.1. The Morgan fingerprint density at radius 3 is 2.05 bits per heavy atom. The molecule has 0 aromatic heterocycles. The maximum atomic E-state index is 11.7. The van der Waals surface area contributed by atoms with Crippen molar-refractivity contribution in [1.82, 2.24) is 0 Å². The van der Waals surface area contributed by atoms with Crippen molar-refractivity contribution in [2.75, 3.05) is 0 Å². The highest BCUT2D eigenvalue weighted by Gasteiger charge is 2.19. The third kappa shape index (κ3) is 12.4. The van der Waals surface area contributed by atoms with E-state index in [1.807, 2.05) is 0 Å². The first-order valence-corrected chi connectivity index (χ1v) is 8.08. The second-order valence-corrected chi connectivity index (χ2v) is 5.56. The first-order chi connectivity index (χ1) is 9.99. The second-order valence-electron chi connectivity index (χ2n) is 5.56. The lowest BCUT2D eigenvalue weighted by molar-refractivity contribution is -0.155. The van der Waals surface area contributed by atoms with Crippen LogP contribution in [0.5, 0.6) is 0 Å². The summed E-state index contributed by atoms with van der Waals surface area (Å²) in [6.45, 7) is 4.14. The highest BCUT2D eigenvalue weighted by atomic mass is 16.5. The molecule has 0 amide bonds. The molecule has 5 nitrogen and oxygen atoms in total. The van der Waals surface area contributed by atoms with Crippen LogP contribution in [0, 0.1) is 0 Å². The molecule has 2 atom stereocenters. The molecule has 5 heteroatoms. The Balaban J connectivity index is 4.09. The number of unbranched alkanes of at least 4 members (excludes halogenated alkanes) is 4. The fourth-order valence-corrected chi connectivity index (χ4v) is 2.18. The molecule has 0 radical (unpaired) electrons. The number of carbonyl (C=O) groups is 2. The van der Waals surface area contributed by atoms with Crippen molar-refractivity contribution >= 4 is 11.9 Å². The van der Waals surface area contributed by atoms with Gasteiger partial charge in [0, 0.05) is 0 Å². The van der Waals surface area contributed by atoms with Gasteiger partial charge in [-0.2, -0.15) is 0 Å². The number of hydrogen-bond donors (Lipinski definition) is 2.